The molecule has 0 aromatic heterocycles. The van der Waals surface area contributed by atoms with Crippen molar-refractivity contribution < 1.29 is 14.7 Å². The third kappa shape index (κ3) is 4.26. The monoisotopic (exact) mass is 331 g/mol. The van der Waals surface area contributed by atoms with E-state index in [1.807, 2.05) is 6.07 Å². The molecule has 1 saturated carbocycles. The molecule has 24 heavy (non-hydrogen) atoms. The number of carboxylic acid groups (broad SMARTS) is 1. The Morgan fingerprint density at radius 1 is 1.38 bits per heavy atom. The van der Waals surface area contributed by atoms with E-state index in [1.165, 1.54) is 12.8 Å². The number of anilines is 2. The van der Waals surface area contributed by atoms with E-state index >= 15 is 0 Å². The molecule has 6 heteroatoms. The second-order valence-electron chi connectivity index (χ2n) is 6.87. The van der Waals surface area contributed by atoms with Crippen LogP contribution >= 0.6 is 0 Å². The molecular formula is C18H25N3O3. The van der Waals surface area contributed by atoms with E-state index in [0.29, 0.717) is 24.1 Å². The second-order valence-corrected chi connectivity index (χ2v) is 6.87. The van der Waals surface area contributed by atoms with Crippen molar-refractivity contribution in [2.75, 3.05) is 29.9 Å². The number of hydrogen-bond donors (Lipinski definition) is 3. The maximum absolute atomic E-state index is 12.0. The number of carbonyl (C=O) groups excluding carboxylic acids is 1. The van der Waals surface area contributed by atoms with Crippen LogP contribution in [0.15, 0.2) is 18.2 Å². The van der Waals surface area contributed by atoms with Crippen LogP contribution in [0, 0.1) is 5.92 Å². The zero-order valence-corrected chi connectivity index (χ0v) is 14.0. The molecule has 1 aliphatic carbocycles. The third-order valence-electron chi connectivity index (χ3n) is 4.72. The van der Waals surface area contributed by atoms with Gasteiger partial charge in [0.1, 0.15) is 0 Å². The summed E-state index contributed by atoms with van der Waals surface area (Å²) < 4.78 is 0. The summed E-state index contributed by atoms with van der Waals surface area (Å²) in [7, 11) is 0. The fourth-order valence-corrected chi connectivity index (χ4v) is 3.14. The molecule has 2 aliphatic rings. The molecule has 0 radical (unpaired) electrons. The van der Waals surface area contributed by atoms with Gasteiger partial charge >= 0.3 is 5.97 Å². The lowest BCUT2D eigenvalue weighted by atomic mass is 10.1. The fourth-order valence-electron chi connectivity index (χ4n) is 3.14. The predicted molar refractivity (Wildman–Crippen MR) is 93.7 cm³/mol. The van der Waals surface area contributed by atoms with Gasteiger partial charge in [0.2, 0.25) is 5.91 Å². The van der Waals surface area contributed by atoms with Gasteiger partial charge in [-0.25, -0.2) is 4.79 Å². The van der Waals surface area contributed by atoms with Gasteiger partial charge in [-0.1, -0.05) is 12.8 Å². The van der Waals surface area contributed by atoms with Crippen molar-refractivity contribution in [1.82, 2.24) is 5.32 Å². The summed E-state index contributed by atoms with van der Waals surface area (Å²) in [6, 6.07) is 5.63. The van der Waals surface area contributed by atoms with Crippen LogP contribution in [0.25, 0.3) is 0 Å². The number of rotatable bonds is 6. The molecule has 1 saturated heterocycles. The van der Waals surface area contributed by atoms with Crippen molar-refractivity contribution in [3.05, 3.63) is 23.8 Å². The lowest BCUT2D eigenvalue weighted by Gasteiger charge is -2.34. The molecule has 0 spiro atoms. The van der Waals surface area contributed by atoms with Crippen molar-refractivity contribution in [2.45, 2.75) is 38.6 Å². The molecular weight excluding hydrogens is 306 g/mol. The Labute approximate surface area is 142 Å². The van der Waals surface area contributed by atoms with Crippen LogP contribution in [0.3, 0.4) is 0 Å². The number of amides is 1. The van der Waals surface area contributed by atoms with Crippen LogP contribution in [-0.4, -0.2) is 42.7 Å². The van der Waals surface area contributed by atoms with E-state index in [1.54, 1.807) is 12.1 Å². The lowest BCUT2D eigenvalue weighted by molar-refractivity contribution is -0.116. The van der Waals surface area contributed by atoms with E-state index in [-0.39, 0.29) is 11.5 Å². The van der Waals surface area contributed by atoms with Crippen molar-refractivity contribution in [3.63, 3.8) is 0 Å². The van der Waals surface area contributed by atoms with Gasteiger partial charge in [0, 0.05) is 37.8 Å². The normalized spacial score (nSPS) is 20.7. The molecule has 1 aromatic carbocycles. The van der Waals surface area contributed by atoms with Gasteiger partial charge in [-0.2, -0.15) is 0 Å². The summed E-state index contributed by atoms with van der Waals surface area (Å²) in [6.45, 7) is 4.67. The number of piperazine rings is 1. The van der Waals surface area contributed by atoms with Gasteiger partial charge in [0.05, 0.1) is 11.3 Å². The number of nitrogens with one attached hydrogen (secondary N) is 2. The van der Waals surface area contributed by atoms with Crippen LogP contribution in [0.1, 0.15) is 43.0 Å². The molecule has 2 fully saturated rings. The zero-order valence-electron chi connectivity index (χ0n) is 14.0. The third-order valence-corrected chi connectivity index (χ3v) is 4.72. The lowest BCUT2D eigenvalue weighted by Crippen LogP contribution is -2.49. The first kappa shape index (κ1) is 16.8. The van der Waals surface area contributed by atoms with E-state index in [4.69, 9.17) is 0 Å². The molecule has 1 aromatic rings. The standard InChI is InChI=1S/C18H25N3O3/c1-12-11-21(9-8-19-12)14-5-6-16(15(10-14)18(23)24)20-17(22)7-4-13-2-3-13/h5-6,10,12-13,19H,2-4,7-9,11H2,1H3,(H,20,22)(H,23,24)/t12-/m0/s1. The van der Waals surface area contributed by atoms with Gasteiger partial charge in [-0.05, 0) is 37.5 Å². The summed E-state index contributed by atoms with van der Waals surface area (Å²) in [4.78, 5) is 25.8. The van der Waals surface area contributed by atoms with Gasteiger partial charge in [-0.3, -0.25) is 4.79 Å². The number of aromatic carboxylic acids is 1. The zero-order chi connectivity index (χ0) is 17.1. The Kier molecular flexibility index (Phi) is 5.04. The largest absolute Gasteiger partial charge is 0.478 e. The summed E-state index contributed by atoms with van der Waals surface area (Å²) in [6.07, 6.45) is 3.78. The molecule has 1 atom stereocenters. The molecule has 1 amide bonds. The fraction of sp³-hybridized carbons (Fsp3) is 0.556. The first-order valence-corrected chi connectivity index (χ1v) is 8.68. The van der Waals surface area contributed by atoms with Gasteiger partial charge in [0.25, 0.3) is 0 Å². The molecule has 0 bridgehead atoms. The van der Waals surface area contributed by atoms with Crippen LogP contribution in [0.4, 0.5) is 11.4 Å². The quantitative estimate of drug-likeness (QED) is 0.745. The van der Waals surface area contributed by atoms with Gasteiger partial charge in [-0.15, -0.1) is 0 Å². The van der Waals surface area contributed by atoms with Crippen molar-refractivity contribution in [1.29, 1.82) is 0 Å². The minimum Gasteiger partial charge on any atom is -0.478 e. The van der Waals surface area contributed by atoms with Crippen LogP contribution < -0.4 is 15.5 Å². The molecule has 130 valence electrons. The molecule has 6 nitrogen and oxygen atoms in total. The minimum absolute atomic E-state index is 0.104. The molecule has 1 heterocycles. The Morgan fingerprint density at radius 3 is 2.83 bits per heavy atom. The predicted octanol–water partition coefficient (Wildman–Crippen LogP) is 2.31. The van der Waals surface area contributed by atoms with Gasteiger partial charge in [0.15, 0.2) is 0 Å². The Morgan fingerprint density at radius 2 is 2.17 bits per heavy atom. The molecule has 3 N–H and O–H groups in total. The molecule has 3 rings (SSSR count). The van der Waals surface area contributed by atoms with Crippen molar-refractivity contribution >= 4 is 23.3 Å². The van der Waals surface area contributed by atoms with Crippen molar-refractivity contribution in [2.24, 2.45) is 5.92 Å². The summed E-state index contributed by atoms with van der Waals surface area (Å²) in [5.74, 6) is -0.433. The summed E-state index contributed by atoms with van der Waals surface area (Å²) in [5.41, 5.74) is 1.42. The number of carbonyl (C=O) groups is 2. The Hall–Kier alpha value is -2.08. The Bertz CT molecular complexity index is 628. The maximum Gasteiger partial charge on any atom is 0.337 e. The minimum atomic E-state index is -1.02. The van der Waals surface area contributed by atoms with Gasteiger partial charge < -0.3 is 20.6 Å². The summed E-state index contributed by atoms with van der Waals surface area (Å²) in [5, 5.41) is 15.6. The number of hydrogen-bond acceptors (Lipinski definition) is 4. The molecule has 1 aliphatic heterocycles. The highest BCUT2D eigenvalue weighted by molar-refractivity contribution is 6.01. The van der Waals surface area contributed by atoms with E-state index in [2.05, 4.69) is 22.5 Å². The average molecular weight is 331 g/mol. The average Bonchev–Trinajstić information content (AvgIpc) is 3.37. The number of nitrogens with zero attached hydrogens (tertiary/aromatic N) is 1. The highest BCUT2D eigenvalue weighted by Gasteiger charge is 2.23. The topological polar surface area (TPSA) is 81.7 Å². The van der Waals surface area contributed by atoms with E-state index in [9.17, 15) is 14.7 Å². The first-order chi connectivity index (χ1) is 11.5. The van der Waals surface area contributed by atoms with Crippen LogP contribution in [0.2, 0.25) is 0 Å². The number of benzene rings is 1. The Balaban J connectivity index is 1.71. The highest BCUT2D eigenvalue weighted by atomic mass is 16.4. The molecule has 0 unspecified atom stereocenters. The first-order valence-electron chi connectivity index (χ1n) is 8.68. The maximum atomic E-state index is 12.0. The SMILES string of the molecule is C[C@H]1CN(c2ccc(NC(=O)CCC3CC3)c(C(=O)O)c2)CCN1. The van der Waals surface area contributed by atoms with E-state index < -0.39 is 5.97 Å². The highest BCUT2D eigenvalue weighted by Crippen LogP contribution is 2.33. The number of carboxylic acids is 1. The van der Waals surface area contributed by atoms with E-state index in [0.717, 1.165) is 31.7 Å². The smallest absolute Gasteiger partial charge is 0.337 e. The second kappa shape index (κ2) is 7.21. The summed E-state index contributed by atoms with van der Waals surface area (Å²) >= 11 is 0. The van der Waals surface area contributed by atoms with Crippen LogP contribution in [0.5, 0.6) is 0 Å². The van der Waals surface area contributed by atoms with Crippen molar-refractivity contribution in [3.8, 4) is 0 Å². The van der Waals surface area contributed by atoms with Crippen LogP contribution in [-0.2, 0) is 4.79 Å².